The second kappa shape index (κ2) is 10.5. The number of amides is 1. The normalized spacial score (nSPS) is 12.7. The van der Waals surface area contributed by atoms with E-state index in [4.69, 9.17) is 9.47 Å². The number of hydrogen-bond acceptors (Lipinski definition) is 4. The molecule has 5 nitrogen and oxygen atoms in total. The Hall–Kier alpha value is -2.79. The van der Waals surface area contributed by atoms with Crippen molar-refractivity contribution in [2.75, 3.05) is 7.11 Å². The van der Waals surface area contributed by atoms with E-state index in [-0.39, 0.29) is 6.61 Å². The molecule has 0 aromatic heterocycles. The monoisotopic (exact) mass is 383 g/mol. The Balaban J connectivity index is 2.13. The van der Waals surface area contributed by atoms with Gasteiger partial charge in [0.05, 0.1) is 19.3 Å². The van der Waals surface area contributed by atoms with Crippen molar-refractivity contribution < 1.29 is 19.4 Å². The Morgan fingerprint density at radius 2 is 1.75 bits per heavy atom. The molecule has 1 amide bonds. The van der Waals surface area contributed by atoms with Crippen LogP contribution >= 0.6 is 0 Å². The van der Waals surface area contributed by atoms with E-state index < -0.39 is 18.2 Å². The van der Waals surface area contributed by atoms with Crippen LogP contribution in [0.15, 0.2) is 66.7 Å². The number of aliphatic hydroxyl groups is 1. The minimum Gasteiger partial charge on any atom is -0.497 e. The van der Waals surface area contributed by atoms with E-state index in [2.05, 4.69) is 6.58 Å². The zero-order chi connectivity index (χ0) is 20.5. The van der Waals surface area contributed by atoms with E-state index in [1.807, 2.05) is 68.4 Å². The van der Waals surface area contributed by atoms with Crippen molar-refractivity contribution >= 4 is 6.09 Å². The van der Waals surface area contributed by atoms with Crippen molar-refractivity contribution in [2.45, 2.75) is 45.6 Å². The molecule has 2 aromatic rings. The Kier molecular flexibility index (Phi) is 8.08. The second-order valence-electron chi connectivity index (χ2n) is 6.99. The largest absolute Gasteiger partial charge is 0.497 e. The molecule has 2 unspecified atom stereocenters. The van der Waals surface area contributed by atoms with Crippen LogP contribution in [-0.2, 0) is 17.9 Å². The van der Waals surface area contributed by atoms with Crippen LogP contribution in [0.5, 0.6) is 5.75 Å². The van der Waals surface area contributed by atoms with Gasteiger partial charge in [0.25, 0.3) is 0 Å². The van der Waals surface area contributed by atoms with Crippen molar-refractivity contribution in [3.05, 3.63) is 77.9 Å². The molecule has 0 bridgehead atoms. The summed E-state index contributed by atoms with van der Waals surface area (Å²) in [5.74, 6) is 0.748. The summed E-state index contributed by atoms with van der Waals surface area (Å²) < 4.78 is 10.7. The van der Waals surface area contributed by atoms with Crippen LogP contribution in [0, 0.1) is 0 Å². The lowest BCUT2D eigenvalue weighted by Gasteiger charge is -2.32. The van der Waals surface area contributed by atoms with Gasteiger partial charge in [0.1, 0.15) is 12.4 Å². The van der Waals surface area contributed by atoms with Crippen molar-refractivity contribution in [3.63, 3.8) is 0 Å². The number of ether oxygens (including phenoxy) is 2. The van der Waals surface area contributed by atoms with Gasteiger partial charge in [-0.25, -0.2) is 4.79 Å². The maximum absolute atomic E-state index is 12.8. The lowest BCUT2D eigenvalue weighted by Crippen LogP contribution is -2.45. The predicted octanol–water partition coefficient (Wildman–Crippen LogP) is 4.55. The van der Waals surface area contributed by atoms with Gasteiger partial charge < -0.3 is 14.6 Å². The summed E-state index contributed by atoms with van der Waals surface area (Å²) in [6, 6.07) is 16.6. The summed E-state index contributed by atoms with van der Waals surface area (Å²) in [4.78, 5) is 14.4. The van der Waals surface area contributed by atoms with Crippen molar-refractivity contribution in [1.29, 1.82) is 0 Å². The van der Waals surface area contributed by atoms with E-state index in [0.29, 0.717) is 13.0 Å². The van der Waals surface area contributed by atoms with Gasteiger partial charge in [-0.2, -0.15) is 0 Å². The van der Waals surface area contributed by atoms with E-state index in [1.54, 1.807) is 12.0 Å². The summed E-state index contributed by atoms with van der Waals surface area (Å²) in [6.07, 6.45) is -0.764. The second-order valence-corrected chi connectivity index (χ2v) is 6.99. The predicted molar refractivity (Wildman–Crippen MR) is 110 cm³/mol. The molecule has 2 atom stereocenters. The van der Waals surface area contributed by atoms with Gasteiger partial charge in [-0.15, -0.1) is 6.58 Å². The maximum atomic E-state index is 12.8. The molecule has 0 aliphatic rings. The molecule has 0 aliphatic carbocycles. The van der Waals surface area contributed by atoms with Crippen LogP contribution in [0.3, 0.4) is 0 Å². The van der Waals surface area contributed by atoms with E-state index >= 15 is 0 Å². The molecule has 0 saturated heterocycles. The van der Waals surface area contributed by atoms with Gasteiger partial charge in [-0.05, 0) is 43.5 Å². The number of benzene rings is 2. The average molecular weight is 383 g/mol. The number of nitrogens with zero attached hydrogens (tertiary/aromatic N) is 1. The van der Waals surface area contributed by atoms with Gasteiger partial charge in [0, 0.05) is 6.54 Å². The Labute approximate surface area is 167 Å². The zero-order valence-electron chi connectivity index (χ0n) is 16.8. The molecule has 1 N–H and O–H groups in total. The van der Waals surface area contributed by atoms with Gasteiger partial charge in [0.15, 0.2) is 0 Å². The van der Waals surface area contributed by atoms with Crippen LogP contribution in [0.1, 0.15) is 31.4 Å². The van der Waals surface area contributed by atoms with Crippen LogP contribution in [-0.4, -0.2) is 35.4 Å². The standard InChI is InChI=1S/C23H29NO4/c1-17(2)14-22(25)18(3)24(15-19-10-12-21(27-4)13-11-19)23(26)28-16-20-8-6-5-7-9-20/h5-13,18,22,25H,1,14-16H2,2-4H3. The number of carbonyl (C=O) groups is 1. The first-order valence-electron chi connectivity index (χ1n) is 9.33. The van der Waals surface area contributed by atoms with Crippen molar-refractivity contribution in [3.8, 4) is 5.75 Å². The highest BCUT2D eigenvalue weighted by molar-refractivity contribution is 5.68. The molecule has 0 spiro atoms. The molecule has 0 heterocycles. The van der Waals surface area contributed by atoms with Crippen LogP contribution in [0.4, 0.5) is 4.79 Å². The fraction of sp³-hybridized carbons (Fsp3) is 0.348. The highest BCUT2D eigenvalue weighted by atomic mass is 16.6. The molecule has 150 valence electrons. The Bertz CT molecular complexity index is 758. The number of rotatable bonds is 9. The molecule has 0 saturated carbocycles. The first-order valence-corrected chi connectivity index (χ1v) is 9.33. The SMILES string of the molecule is C=C(C)CC(O)C(C)N(Cc1ccc(OC)cc1)C(=O)OCc1ccccc1. The first kappa shape index (κ1) is 21.5. The highest BCUT2D eigenvalue weighted by Gasteiger charge is 2.27. The zero-order valence-corrected chi connectivity index (χ0v) is 16.8. The third-order valence-corrected chi connectivity index (χ3v) is 4.56. The van der Waals surface area contributed by atoms with Gasteiger partial charge >= 0.3 is 6.09 Å². The number of carbonyl (C=O) groups excluding carboxylic acids is 1. The molecule has 0 radical (unpaired) electrons. The third kappa shape index (κ3) is 6.43. The summed E-state index contributed by atoms with van der Waals surface area (Å²) in [5.41, 5.74) is 2.70. The lowest BCUT2D eigenvalue weighted by molar-refractivity contribution is 0.0336. The Morgan fingerprint density at radius 3 is 2.32 bits per heavy atom. The van der Waals surface area contributed by atoms with Gasteiger partial charge in [-0.3, -0.25) is 4.90 Å². The quantitative estimate of drug-likeness (QED) is 0.646. The number of aliphatic hydroxyl groups excluding tert-OH is 1. The summed E-state index contributed by atoms with van der Waals surface area (Å²) in [6.45, 7) is 8.04. The van der Waals surface area contributed by atoms with E-state index in [1.165, 1.54) is 0 Å². The molecular weight excluding hydrogens is 354 g/mol. The average Bonchev–Trinajstić information content (AvgIpc) is 2.70. The van der Waals surface area contributed by atoms with Crippen molar-refractivity contribution in [2.24, 2.45) is 0 Å². The van der Waals surface area contributed by atoms with Crippen LogP contribution < -0.4 is 4.74 Å². The summed E-state index contributed by atoms with van der Waals surface area (Å²) in [7, 11) is 1.61. The fourth-order valence-corrected chi connectivity index (χ4v) is 2.84. The van der Waals surface area contributed by atoms with Gasteiger partial charge in [-0.1, -0.05) is 48.0 Å². The van der Waals surface area contributed by atoms with Crippen LogP contribution in [0.25, 0.3) is 0 Å². The van der Waals surface area contributed by atoms with Crippen LogP contribution in [0.2, 0.25) is 0 Å². The topological polar surface area (TPSA) is 59.0 Å². The Morgan fingerprint density at radius 1 is 1.11 bits per heavy atom. The van der Waals surface area contributed by atoms with E-state index in [0.717, 1.165) is 22.4 Å². The molecule has 0 fully saturated rings. The summed E-state index contributed by atoms with van der Waals surface area (Å²) in [5, 5.41) is 10.5. The number of hydrogen-bond donors (Lipinski definition) is 1. The molecule has 2 aromatic carbocycles. The minimum atomic E-state index is -0.722. The molecule has 0 aliphatic heterocycles. The molecular formula is C23H29NO4. The number of methoxy groups -OCH3 is 1. The molecule has 5 heteroatoms. The fourth-order valence-electron chi connectivity index (χ4n) is 2.84. The summed E-state index contributed by atoms with van der Waals surface area (Å²) >= 11 is 0. The van der Waals surface area contributed by atoms with Crippen molar-refractivity contribution in [1.82, 2.24) is 4.90 Å². The molecule has 28 heavy (non-hydrogen) atoms. The third-order valence-electron chi connectivity index (χ3n) is 4.56. The van der Waals surface area contributed by atoms with Gasteiger partial charge in [0.2, 0.25) is 0 Å². The minimum absolute atomic E-state index is 0.183. The van der Waals surface area contributed by atoms with E-state index in [9.17, 15) is 9.90 Å². The smallest absolute Gasteiger partial charge is 0.410 e. The maximum Gasteiger partial charge on any atom is 0.410 e. The lowest BCUT2D eigenvalue weighted by atomic mass is 10.0. The highest BCUT2D eigenvalue weighted by Crippen LogP contribution is 2.19. The first-order chi connectivity index (χ1) is 13.4. The molecule has 2 rings (SSSR count).